The van der Waals surface area contributed by atoms with E-state index in [2.05, 4.69) is 42.5 Å². The number of benzene rings is 3. The van der Waals surface area contributed by atoms with Gasteiger partial charge in [0.25, 0.3) is 0 Å². The highest BCUT2D eigenvalue weighted by Crippen LogP contribution is 2.26. The summed E-state index contributed by atoms with van der Waals surface area (Å²) in [6, 6.07) is 18.7. The Morgan fingerprint density at radius 1 is 0.800 bits per heavy atom. The van der Waals surface area contributed by atoms with Gasteiger partial charge in [0.15, 0.2) is 0 Å². The predicted molar refractivity (Wildman–Crippen MR) is 80.1 cm³/mol. The van der Waals surface area contributed by atoms with Gasteiger partial charge in [-0.1, -0.05) is 42.5 Å². The maximum atomic E-state index is 8.88. The largest absolute Gasteiger partial charge is 0.466 e. The molecule has 104 valence electrons. The van der Waals surface area contributed by atoms with Crippen LogP contribution < -0.4 is 5.73 Å². The summed E-state index contributed by atoms with van der Waals surface area (Å²) in [6.45, 7) is 0. The maximum Gasteiger partial charge on any atom is 0.466 e. The molecule has 0 saturated heterocycles. The summed E-state index contributed by atoms with van der Waals surface area (Å²) in [6.07, 6.45) is 0. The molecule has 0 radical (unpaired) electrons. The second-order valence-corrected chi connectivity index (χ2v) is 5.31. The monoisotopic (exact) mass is 291 g/mol. The van der Waals surface area contributed by atoms with Crippen molar-refractivity contribution in [3.8, 4) is 0 Å². The Labute approximate surface area is 115 Å². The van der Waals surface area contributed by atoms with Gasteiger partial charge in [0.2, 0.25) is 0 Å². The van der Waals surface area contributed by atoms with Crippen molar-refractivity contribution in [1.82, 2.24) is 0 Å². The van der Waals surface area contributed by atoms with E-state index in [-0.39, 0.29) is 0 Å². The lowest BCUT2D eigenvalue weighted by Crippen LogP contribution is -1.84. The van der Waals surface area contributed by atoms with E-state index in [1.165, 1.54) is 21.5 Å². The van der Waals surface area contributed by atoms with Crippen LogP contribution in [-0.4, -0.2) is 14.7 Å². The molecule has 3 rings (SSSR count). The van der Waals surface area contributed by atoms with E-state index in [1.54, 1.807) is 0 Å². The first-order valence-corrected chi connectivity index (χ1v) is 7.36. The van der Waals surface area contributed by atoms with Crippen molar-refractivity contribution >= 4 is 35.1 Å². The molecule has 3 aromatic rings. The summed E-state index contributed by atoms with van der Waals surface area (Å²) in [4.78, 5) is 21.6. The number of hydrogen-bond donors (Lipinski definition) is 4. The van der Waals surface area contributed by atoms with E-state index in [9.17, 15) is 0 Å². The van der Waals surface area contributed by atoms with E-state index in [4.69, 9.17) is 25.0 Å². The third kappa shape index (κ3) is 3.79. The van der Waals surface area contributed by atoms with Gasteiger partial charge in [-0.15, -0.1) is 0 Å². The summed E-state index contributed by atoms with van der Waals surface area (Å²) >= 11 is 0. The molecule has 5 nitrogen and oxygen atoms in total. The molecule has 0 spiro atoms. The normalized spacial score (nSPS) is 11.2. The van der Waals surface area contributed by atoms with E-state index < -0.39 is 7.82 Å². The van der Waals surface area contributed by atoms with Crippen molar-refractivity contribution in [2.24, 2.45) is 0 Å². The number of nitrogen functional groups attached to an aromatic ring is 1. The van der Waals surface area contributed by atoms with E-state index >= 15 is 0 Å². The van der Waals surface area contributed by atoms with Gasteiger partial charge in [-0.2, -0.15) is 0 Å². The molecule has 0 atom stereocenters. The van der Waals surface area contributed by atoms with Gasteiger partial charge < -0.3 is 20.4 Å². The van der Waals surface area contributed by atoms with Crippen molar-refractivity contribution in [2.75, 3.05) is 5.73 Å². The minimum atomic E-state index is -4.64. The highest BCUT2D eigenvalue weighted by molar-refractivity contribution is 7.45. The first kappa shape index (κ1) is 14.5. The second-order valence-electron chi connectivity index (χ2n) is 4.28. The van der Waals surface area contributed by atoms with Crippen LogP contribution in [0, 0.1) is 0 Å². The van der Waals surface area contributed by atoms with Crippen molar-refractivity contribution in [1.29, 1.82) is 0 Å². The summed E-state index contributed by atoms with van der Waals surface area (Å²) in [7, 11) is -4.64. The quantitative estimate of drug-likeness (QED) is 0.289. The fourth-order valence-corrected chi connectivity index (χ4v) is 2.02. The van der Waals surface area contributed by atoms with Crippen LogP contribution in [0.1, 0.15) is 0 Å². The SMILES string of the molecule is Nc1ccc2ccc3ccccc3c2c1.O=P(O)(O)O. The van der Waals surface area contributed by atoms with Gasteiger partial charge in [0, 0.05) is 5.69 Å². The number of anilines is 1. The molecule has 3 aromatic carbocycles. The number of phosphoric acid groups is 1. The molecule has 0 amide bonds. The van der Waals surface area contributed by atoms with Gasteiger partial charge in [0.1, 0.15) is 0 Å². The van der Waals surface area contributed by atoms with Crippen LogP contribution in [0.5, 0.6) is 0 Å². The molecule has 5 N–H and O–H groups in total. The molecule has 0 bridgehead atoms. The number of nitrogens with two attached hydrogens (primary N) is 1. The Morgan fingerprint density at radius 2 is 1.30 bits per heavy atom. The Morgan fingerprint density at radius 3 is 1.95 bits per heavy atom. The summed E-state index contributed by atoms with van der Waals surface area (Å²) in [5.41, 5.74) is 6.63. The minimum absolute atomic E-state index is 0.818. The van der Waals surface area contributed by atoms with Crippen LogP contribution >= 0.6 is 7.82 Å². The van der Waals surface area contributed by atoms with Crippen LogP contribution in [0.15, 0.2) is 54.6 Å². The molecule has 0 aliphatic rings. The highest BCUT2D eigenvalue weighted by Gasteiger charge is 2.00. The molecule has 0 fully saturated rings. The van der Waals surface area contributed by atoms with Crippen LogP contribution in [-0.2, 0) is 4.57 Å². The van der Waals surface area contributed by atoms with Crippen molar-refractivity contribution in [3.05, 3.63) is 54.6 Å². The highest BCUT2D eigenvalue weighted by atomic mass is 31.2. The standard InChI is InChI=1S/C14H11N.H3O4P/c15-12-8-7-11-6-5-10-3-1-2-4-13(10)14(11)9-12;1-5(2,3)4/h1-9H,15H2;(H3,1,2,3,4). The van der Waals surface area contributed by atoms with Gasteiger partial charge in [0.05, 0.1) is 0 Å². The molecule has 0 aliphatic carbocycles. The lowest BCUT2D eigenvalue weighted by Gasteiger charge is -2.04. The lowest BCUT2D eigenvalue weighted by molar-refractivity contribution is 0.275. The molecular formula is C14H14NO4P. The zero-order chi connectivity index (χ0) is 14.8. The number of rotatable bonds is 0. The Hall–Kier alpha value is -1.91. The molecule has 0 saturated carbocycles. The maximum absolute atomic E-state index is 8.88. The van der Waals surface area contributed by atoms with E-state index in [0.29, 0.717) is 0 Å². The van der Waals surface area contributed by atoms with Crippen LogP contribution in [0.3, 0.4) is 0 Å². The Bertz CT molecular complexity index is 789. The third-order valence-corrected chi connectivity index (χ3v) is 2.77. The van der Waals surface area contributed by atoms with Gasteiger partial charge in [-0.05, 0) is 33.7 Å². The molecule has 0 unspecified atom stereocenters. The molecule has 0 aliphatic heterocycles. The second kappa shape index (κ2) is 5.61. The molecule has 6 heteroatoms. The smallest absolute Gasteiger partial charge is 0.399 e. The average Bonchev–Trinajstić information content (AvgIpc) is 2.36. The molecule has 20 heavy (non-hydrogen) atoms. The van der Waals surface area contributed by atoms with Crippen molar-refractivity contribution in [3.63, 3.8) is 0 Å². The van der Waals surface area contributed by atoms with Crippen LogP contribution in [0.25, 0.3) is 21.5 Å². The lowest BCUT2D eigenvalue weighted by atomic mass is 10.0. The minimum Gasteiger partial charge on any atom is -0.399 e. The van der Waals surface area contributed by atoms with Gasteiger partial charge in [-0.3, -0.25) is 0 Å². The average molecular weight is 291 g/mol. The number of hydrogen-bond acceptors (Lipinski definition) is 2. The summed E-state index contributed by atoms with van der Waals surface area (Å²) in [5, 5.41) is 4.99. The fraction of sp³-hybridized carbons (Fsp3) is 0. The van der Waals surface area contributed by atoms with Crippen LogP contribution in [0.2, 0.25) is 0 Å². The Kier molecular flexibility index (Phi) is 4.06. The third-order valence-electron chi connectivity index (χ3n) is 2.77. The van der Waals surface area contributed by atoms with E-state index in [0.717, 1.165) is 5.69 Å². The van der Waals surface area contributed by atoms with E-state index in [1.807, 2.05) is 12.1 Å². The van der Waals surface area contributed by atoms with Crippen molar-refractivity contribution in [2.45, 2.75) is 0 Å². The summed E-state index contributed by atoms with van der Waals surface area (Å²) < 4.78 is 8.88. The zero-order valence-corrected chi connectivity index (χ0v) is 11.4. The van der Waals surface area contributed by atoms with Gasteiger partial charge in [-0.25, -0.2) is 4.57 Å². The first-order chi connectivity index (χ1) is 9.34. The van der Waals surface area contributed by atoms with Crippen LogP contribution in [0.4, 0.5) is 5.69 Å². The van der Waals surface area contributed by atoms with Gasteiger partial charge >= 0.3 is 7.82 Å². The zero-order valence-electron chi connectivity index (χ0n) is 10.5. The molecule has 0 aromatic heterocycles. The molecular weight excluding hydrogens is 277 g/mol. The number of fused-ring (bicyclic) bond motifs is 3. The Balaban J connectivity index is 0.000000257. The predicted octanol–water partition coefficient (Wildman–Crippen LogP) is 2.65. The van der Waals surface area contributed by atoms with Crippen molar-refractivity contribution < 1.29 is 19.2 Å². The summed E-state index contributed by atoms with van der Waals surface area (Å²) in [5.74, 6) is 0. The topological polar surface area (TPSA) is 104 Å². The molecule has 0 heterocycles. The first-order valence-electron chi connectivity index (χ1n) is 5.80. The fourth-order valence-electron chi connectivity index (χ4n) is 2.02.